The molecule has 7 nitrogen and oxygen atoms in total. The molecule has 0 radical (unpaired) electrons. The van der Waals surface area contributed by atoms with E-state index in [0.717, 1.165) is 41.8 Å². The number of alkyl carbamates (subject to hydrolysis) is 1. The van der Waals surface area contributed by atoms with Crippen molar-refractivity contribution in [2.24, 2.45) is 0 Å². The van der Waals surface area contributed by atoms with Crippen LogP contribution < -0.4 is 10.6 Å². The van der Waals surface area contributed by atoms with Crippen LogP contribution in [-0.2, 0) is 19.1 Å². The van der Waals surface area contributed by atoms with Gasteiger partial charge in [0.05, 0.1) is 6.04 Å². The van der Waals surface area contributed by atoms with Crippen molar-refractivity contribution < 1.29 is 23.9 Å². The molecule has 172 valence electrons. The number of fused-ring (bicyclic) bond motifs is 3. The highest BCUT2D eigenvalue weighted by atomic mass is 16.5. The third-order valence-electron chi connectivity index (χ3n) is 5.23. The summed E-state index contributed by atoms with van der Waals surface area (Å²) in [7, 11) is 3.66. The molecule has 1 aliphatic rings. The summed E-state index contributed by atoms with van der Waals surface area (Å²) in [6.45, 7) is 3.41. The van der Waals surface area contributed by atoms with E-state index >= 15 is 0 Å². The van der Waals surface area contributed by atoms with E-state index in [0.29, 0.717) is 6.29 Å². The van der Waals surface area contributed by atoms with Crippen molar-refractivity contribution in [3.63, 3.8) is 0 Å². The Hall–Kier alpha value is -3.03. The fourth-order valence-corrected chi connectivity index (χ4v) is 3.60. The van der Waals surface area contributed by atoms with E-state index in [2.05, 4.69) is 22.8 Å². The molecule has 0 fully saturated rings. The van der Waals surface area contributed by atoms with Crippen LogP contribution >= 0.6 is 0 Å². The molecule has 0 saturated heterocycles. The van der Waals surface area contributed by atoms with Crippen LogP contribution in [0.4, 0.5) is 4.79 Å². The van der Waals surface area contributed by atoms with Crippen LogP contribution in [0.15, 0.2) is 48.5 Å². The van der Waals surface area contributed by atoms with Crippen LogP contribution in [-0.4, -0.2) is 58.1 Å². The molecule has 1 amide bonds. The Bertz CT molecular complexity index is 850. The molecule has 7 heteroatoms. The number of ketones is 1. The number of hydrogen-bond acceptors (Lipinski definition) is 6. The number of rotatable bonds is 10. The first kappa shape index (κ1) is 25.2. The zero-order valence-electron chi connectivity index (χ0n) is 18.9. The van der Waals surface area contributed by atoms with Gasteiger partial charge in [-0.05, 0) is 49.2 Å². The number of carbonyl (C=O) groups is 3. The van der Waals surface area contributed by atoms with Gasteiger partial charge in [-0.3, -0.25) is 4.79 Å². The normalized spacial score (nSPS) is 12.6. The van der Waals surface area contributed by atoms with Crippen molar-refractivity contribution in [3.8, 4) is 11.1 Å². The number of carbonyl (C=O) groups excluding carboxylic acids is 3. The molecule has 32 heavy (non-hydrogen) atoms. The molecule has 0 aromatic heterocycles. The number of ether oxygens (including phenoxy) is 2. The molecular weight excluding hydrogens is 408 g/mol. The van der Waals surface area contributed by atoms with Gasteiger partial charge in [0.25, 0.3) is 0 Å². The Kier molecular flexibility index (Phi) is 10.6. The van der Waals surface area contributed by atoms with Crippen molar-refractivity contribution in [2.75, 3.05) is 33.9 Å². The standard InChI is InChI=1S/C20H19NO4.C5H13NO/c1-13(23)19(10-11-22)21-20(24)25-12-18-16-8-4-2-6-14(16)15-7-3-5-9-17(15)18;1-6-4-3-5-7-2/h2-9,11,18-19H,10,12H2,1H3,(H,21,24);6H,3-5H2,1-2H3. The highest BCUT2D eigenvalue weighted by Crippen LogP contribution is 2.44. The molecule has 2 aromatic carbocycles. The lowest BCUT2D eigenvalue weighted by atomic mass is 9.98. The lowest BCUT2D eigenvalue weighted by molar-refractivity contribution is -0.121. The molecule has 2 aromatic rings. The summed E-state index contributed by atoms with van der Waals surface area (Å²) < 4.78 is 10.2. The van der Waals surface area contributed by atoms with Crippen molar-refractivity contribution in [2.45, 2.75) is 31.7 Å². The van der Waals surface area contributed by atoms with Crippen molar-refractivity contribution in [1.82, 2.24) is 10.6 Å². The summed E-state index contributed by atoms with van der Waals surface area (Å²) in [5, 5.41) is 5.47. The Balaban J connectivity index is 0.000000451. The highest BCUT2D eigenvalue weighted by molar-refractivity contribution is 5.87. The van der Waals surface area contributed by atoms with Crippen LogP contribution in [0.1, 0.15) is 36.8 Å². The second-order valence-corrected chi connectivity index (χ2v) is 7.49. The largest absolute Gasteiger partial charge is 0.449 e. The summed E-state index contributed by atoms with van der Waals surface area (Å²) in [5.74, 6) is -0.319. The molecule has 0 saturated carbocycles. The Morgan fingerprint density at radius 3 is 2.16 bits per heavy atom. The van der Waals surface area contributed by atoms with Gasteiger partial charge in [0.1, 0.15) is 12.9 Å². The minimum Gasteiger partial charge on any atom is -0.449 e. The van der Waals surface area contributed by atoms with Crippen molar-refractivity contribution >= 4 is 18.2 Å². The van der Waals surface area contributed by atoms with E-state index < -0.39 is 12.1 Å². The number of Topliss-reactive ketones (excluding diaryl/α,β-unsaturated/α-hetero) is 1. The van der Waals surface area contributed by atoms with E-state index in [1.54, 1.807) is 7.11 Å². The zero-order valence-corrected chi connectivity index (χ0v) is 18.9. The zero-order chi connectivity index (χ0) is 23.3. The van der Waals surface area contributed by atoms with E-state index in [1.807, 2.05) is 43.4 Å². The molecular formula is C25H32N2O5. The molecule has 0 aliphatic heterocycles. The second-order valence-electron chi connectivity index (χ2n) is 7.49. The fraction of sp³-hybridized carbons (Fsp3) is 0.400. The Morgan fingerprint density at radius 1 is 1.06 bits per heavy atom. The maximum atomic E-state index is 12.0. The SMILES string of the molecule is CC(=O)C(CC=O)NC(=O)OCC1c2ccccc2-c2ccccc21.CNCCCOC. The number of benzene rings is 2. The molecule has 0 bridgehead atoms. The van der Waals surface area contributed by atoms with E-state index in [9.17, 15) is 14.4 Å². The van der Waals surface area contributed by atoms with Gasteiger partial charge in [0, 0.05) is 26.1 Å². The van der Waals surface area contributed by atoms with Crippen LogP contribution in [0.5, 0.6) is 0 Å². The lowest BCUT2D eigenvalue weighted by Gasteiger charge is -2.17. The van der Waals surface area contributed by atoms with Gasteiger partial charge in [-0.2, -0.15) is 0 Å². The lowest BCUT2D eigenvalue weighted by Crippen LogP contribution is -2.40. The average Bonchev–Trinajstić information content (AvgIpc) is 3.12. The smallest absolute Gasteiger partial charge is 0.407 e. The summed E-state index contributed by atoms with van der Waals surface area (Å²) in [4.78, 5) is 34.0. The van der Waals surface area contributed by atoms with E-state index in [-0.39, 0.29) is 24.7 Å². The molecule has 1 aliphatic carbocycles. The highest BCUT2D eigenvalue weighted by Gasteiger charge is 2.29. The average molecular weight is 441 g/mol. The summed E-state index contributed by atoms with van der Waals surface area (Å²) in [6.07, 6.45) is 0.964. The van der Waals surface area contributed by atoms with Crippen LogP contribution in [0.3, 0.4) is 0 Å². The van der Waals surface area contributed by atoms with Crippen LogP contribution in [0.25, 0.3) is 11.1 Å². The van der Waals surface area contributed by atoms with Gasteiger partial charge in [-0.15, -0.1) is 0 Å². The third-order valence-corrected chi connectivity index (χ3v) is 5.23. The molecule has 1 atom stereocenters. The molecule has 0 spiro atoms. The summed E-state index contributed by atoms with van der Waals surface area (Å²) >= 11 is 0. The van der Waals surface area contributed by atoms with Gasteiger partial charge in [-0.25, -0.2) is 4.79 Å². The Morgan fingerprint density at radius 2 is 1.66 bits per heavy atom. The number of aldehydes is 1. The Labute approximate surface area is 189 Å². The number of methoxy groups -OCH3 is 1. The first-order valence-electron chi connectivity index (χ1n) is 10.7. The summed E-state index contributed by atoms with van der Waals surface area (Å²) in [6, 6.07) is 15.3. The minimum atomic E-state index is -0.840. The number of amides is 1. The van der Waals surface area contributed by atoms with Gasteiger partial charge < -0.3 is 24.9 Å². The third kappa shape index (κ3) is 7.00. The molecule has 2 N–H and O–H groups in total. The predicted molar refractivity (Wildman–Crippen MR) is 124 cm³/mol. The van der Waals surface area contributed by atoms with Crippen LogP contribution in [0.2, 0.25) is 0 Å². The second kappa shape index (κ2) is 13.4. The van der Waals surface area contributed by atoms with Gasteiger partial charge in [0.2, 0.25) is 0 Å². The molecule has 3 rings (SSSR count). The minimum absolute atomic E-state index is 0.0417. The maximum absolute atomic E-state index is 12.0. The quantitative estimate of drug-likeness (QED) is 0.435. The van der Waals surface area contributed by atoms with E-state index in [1.165, 1.54) is 6.92 Å². The van der Waals surface area contributed by atoms with Gasteiger partial charge in [0.15, 0.2) is 5.78 Å². The predicted octanol–water partition coefficient (Wildman–Crippen LogP) is 3.31. The molecule has 1 unspecified atom stereocenters. The fourth-order valence-electron chi connectivity index (χ4n) is 3.60. The monoisotopic (exact) mass is 440 g/mol. The van der Waals surface area contributed by atoms with Crippen molar-refractivity contribution in [1.29, 1.82) is 0 Å². The number of hydrogen-bond donors (Lipinski definition) is 2. The van der Waals surface area contributed by atoms with Gasteiger partial charge >= 0.3 is 6.09 Å². The van der Waals surface area contributed by atoms with E-state index in [4.69, 9.17) is 9.47 Å². The first-order valence-corrected chi connectivity index (χ1v) is 10.7. The van der Waals surface area contributed by atoms with Crippen LogP contribution in [0, 0.1) is 0 Å². The first-order chi connectivity index (χ1) is 15.5. The van der Waals surface area contributed by atoms with Crippen molar-refractivity contribution in [3.05, 3.63) is 59.7 Å². The number of nitrogens with one attached hydrogen (secondary N) is 2. The molecule has 0 heterocycles. The van der Waals surface area contributed by atoms with Gasteiger partial charge in [-0.1, -0.05) is 48.5 Å². The maximum Gasteiger partial charge on any atom is 0.407 e. The topological polar surface area (TPSA) is 93.7 Å². The summed E-state index contributed by atoms with van der Waals surface area (Å²) in [5.41, 5.74) is 4.53.